The van der Waals surface area contributed by atoms with E-state index in [1.807, 2.05) is 35.8 Å². The van der Waals surface area contributed by atoms with E-state index in [2.05, 4.69) is 0 Å². The largest absolute Gasteiger partial charge is 0.326 e. The zero-order valence-electron chi connectivity index (χ0n) is 9.48. The van der Waals surface area contributed by atoms with Crippen LogP contribution in [0.5, 0.6) is 0 Å². The number of hydrogen-bond donors (Lipinski definition) is 1. The number of pyridine rings is 1. The van der Waals surface area contributed by atoms with E-state index in [4.69, 9.17) is 17.3 Å². The third-order valence-electron chi connectivity index (χ3n) is 2.63. The molecule has 0 aliphatic rings. The van der Waals surface area contributed by atoms with Crippen molar-refractivity contribution in [1.82, 2.24) is 4.57 Å². The van der Waals surface area contributed by atoms with E-state index >= 15 is 0 Å². The van der Waals surface area contributed by atoms with Gasteiger partial charge in [-0.05, 0) is 25.1 Å². The predicted molar refractivity (Wildman–Crippen MR) is 69.7 cm³/mol. The smallest absolute Gasteiger partial charge is 0.186 e. The van der Waals surface area contributed by atoms with Gasteiger partial charge in [0.25, 0.3) is 0 Å². The Morgan fingerprint density at radius 1 is 1.35 bits per heavy atom. The first-order valence-electron chi connectivity index (χ1n) is 5.30. The average Bonchev–Trinajstić information content (AvgIpc) is 2.29. The molecular formula is C13H13ClN2O. The lowest BCUT2D eigenvalue weighted by molar-refractivity contribution is 0.923. The molecule has 0 bridgehead atoms. The van der Waals surface area contributed by atoms with Gasteiger partial charge in [-0.25, -0.2) is 0 Å². The number of hydrogen-bond acceptors (Lipinski definition) is 2. The lowest BCUT2D eigenvalue weighted by Crippen LogP contribution is -2.16. The fourth-order valence-corrected chi connectivity index (χ4v) is 1.92. The van der Waals surface area contributed by atoms with E-state index in [9.17, 15) is 4.79 Å². The maximum absolute atomic E-state index is 11.6. The van der Waals surface area contributed by atoms with Crippen molar-refractivity contribution in [1.29, 1.82) is 0 Å². The van der Waals surface area contributed by atoms with Crippen LogP contribution in [-0.2, 0) is 6.54 Å². The Labute approximate surface area is 104 Å². The topological polar surface area (TPSA) is 48.0 Å². The summed E-state index contributed by atoms with van der Waals surface area (Å²) in [7, 11) is 0. The van der Waals surface area contributed by atoms with Crippen molar-refractivity contribution in [2.45, 2.75) is 13.5 Å². The third kappa shape index (κ3) is 2.40. The summed E-state index contributed by atoms with van der Waals surface area (Å²) in [4.78, 5) is 11.6. The maximum atomic E-state index is 11.6. The molecule has 1 aromatic heterocycles. The molecule has 1 heterocycles. The van der Waals surface area contributed by atoms with Gasteiger partial charge in [-0.2, -0.15) is 0 Å². The standard InChI is InChI=1S/C13H13ClN2O/c1-9-5-13(17)10(7-15)8-16(9)12-4-2-3-11(14)6-12/h2-6,8H,7,15H2,1H3. The van der Waals surface area contributed by atoms with Crippen molar-refractivity contribution in [3.63, 3.8) is 0 Å². The van der Waals surface area contributed by atoms with Gasteiger partial charge >= 0.3 is 0 Å². The van der Waals surface area contributed by atoms with Crippen LogP contribution in [0.3, 0.4) is 0 Å². The minimum Gasteiger partial charge on any atom is -0.326 e. The molecule has 4 heteroatoms. The molecule has 1 aromatic carbocycles. The minimum atomic E-state index is -0.0247. The quantitative estimate of drug-likeness (QED) is 0.886. The van der Waals surface area contributed by atoms with Gasteiger partial charge in [-0.3, -0.25) is 4.79 Å². The molecule has 0 atom stereocenters. The van der Waals surface area contributed by atoms with Crippen LogP contribution in [-0.4, -0.2) is 4.57 Å². The fraction of sp³-hybridized carbons (Fsp3) is 0.154. The molecule has 2 aromatic rings. The van der Waals surface area contributed by atoms with Crippen molar-refractivity contribution in [3.8, 4) is 5.69 Å². The third-order valence-corrected chi connectivity index (χ3v) is 2.86. The second-order valence-corrected chi connectivity index (χ2v) is 4.29. The molecule has 3 nitrogen and oxygen atoms in total. The van der Waals surface area contributed by atoms with Gasteiger partial charge in [0, 0.05) is 40.8 Å². The Hall–Kier alpha value is -1.58. The van der Waals surface area contributed by atoms with Crippen molar-refractivity contribution < 1.29 is 0 Å². The van der Waals surface area contributed by atoms with Crippen LogP contribution in [0.1, 0.15) is 11.3 Å². The predicted octanol–water partition coefficient (Wildman–Crippen LogP) is 2.26. The fourth-order valence-electron chi connectivity index (χ4n) is 1.73. The summed E-state index contributed by atoms with van der Waals surface area (Å²) in [5, 5.41) is 0.662. The highest BCUT2D eigenvalue weighted by molar-refractivity contribution is 6.30. The van der Waals surface area contributed by atoms with Crippen molar-refractivity contribution in [2.24, 2.45) is 5.73 Å². The number of halogens is 1. The first-order chi connectivity index (χ1) is 8.11. The van der Waals surface area contributed by atoms with Crippen LogP contribution in [0, 0.1) is 6.92 Å². The van der Waals surface area contributed by atoms with Crippen LogP contribution >= 0.6 is 11.6 Å². The number of nitrogens with two attached hydrogens (primary N) is 1. The zero-order chi connectivity index (χ0) is 12.4. The van der Waals surface area contributed by atoms with Crippen molar-refractivity contribution >= 4 is 11.6 Å². The summed E-state index contributed by atoms with van der Waals surface area (Å²) in [6.07, 6.45) is 1.77. The second-order valence-electron chi connectivity index (χ2n) is 3.86. The van der Waals surface area contributed by atoms with Crippen LogP contribution in [0.15, 0.2) is 41.3 Å². The molecule has 0 unspecified atom stereocenters. The molecule has 0 saturated heterocycles. The van der Waals surface area contributed by atoms with Gasteiger partial charge in [0.2, 0.25) is 0 Å². The number of aromatic nitrogens is 1. The Morgan fingerprint density at radius 2 is 2.12 bits per heavy atom. The van der Waals surface area contributed by atoms with Crippen molar-refractivity contribution in [2.75, 3.05) is 0 Å². The number of rotatable bonds is 2. The molecule has 88 valence electrons. The molecule has 0 fully saturated rings. The number of aryl methyl sites for hydroxylation is 1. The van der Waals surface area contributed by atoms with E-state index in [-0.39, 0.29) is 12.0 Å². The molecule has 2 rings (SSSR count). The molecule has 0 amide bonds. The highest BCUT2D eigenvalue weighted by Gasteiger charge is 2.04. The first kappa shape index (κ1) is 11.9. The van der Waals surface area contributed by atoms with E-state index in [0.29, 0.717) is 10.6 Å². The summed E-state index contributed by atoms with van der Waals surface area (Å²) < 4.78 is 1.91. The van der Waals surface area contributed by atoms with Gasteiger partial charge in [-0.1, -0.05) is 17.7 Å². The lowest BCUT2D eigenvalue weighted by Gasteiger charge is -2.12. The summed E-state index contributed by atoms with van der Waals surface area (Å²) in [6, 6.07) is 9.05. The maximum Gasteiger partial charge on any atom is 0.186 e. The Balaban J connectivity index is 2.63. The summed E-state index contributed by atoms with van der Waals surface area (Å²) in [5.74, 6) is 0. The van der Waals surface area contributed by atoms with Crippen LogP contribution in [0.25, 0.3) is 5.69 Å². The van der Waals surface area contributed by atoms with Gasteiger partial charge in [-0.15, -0.1) is 0 Å². The van der Waals surface area contributed by atoms with Crippen LogP contribution in [0.4, 0.5) is 0 Å². The molecule has 0 aliphatic carbocycles. The van der Waals surface area contributed by atoms with E-state index in [0.717, 1.165) is 11.4 Å². The van der Waals surface area contributed by atoms with E-state index < -0.39 is 0 Å². The van der Waals surface area contributed by atoms with Crippen LogP contribution in [0.2, 0.25) is 5.02 Å². The average molecular weight is 249 g/mol. The van der Waals surface area contributed by atoms with E-state index in [1.165, 1.54) is 0 Å². The molecule has 0 aliphatic heterocycles. The second kappa shape index (κ2) is 4.73. The summed E-state index contributed by atoms with van der Waals surface area (Å²) in [5.41, 5.74) is 7.88. The number of nitrogens with zero attached hydrogens (tertiary/aromatic N) is 1. The molecule has 2 N–H and O–H groups in total. The van der Waals surface area contributed by atoms with Gasteiger partial charge in [0.15, 0.2) is 5.43 Å². The number of benzene rings is 1. The molecule has 0 saturated carbocycles. The Morgan fingerprint density at radius 3 is 2.76 bits per heavy atom. The highest BCUT2D eigenvalue weighted by Crippen LogP contribution is 2.16. The summed E-state index contributed by atoms with van der Waals surface area (Å²) in [6.45, 7) is 2.11. The Kier molecular flexibility index (Phi) is 3.31. The molecule has 17 heavy (non-hydrogen) atoms. The highest BCUT2D eigenvalue weighted by atomic mass is 35.5. The normalized spacial score (nSPS) is 10.5. The monoisotopic (exact) mass is 248 g/mol. The summed E-state index contributed by atoms with van der Waals surface area (Å²) >= 11 is 5.95. The van der Waals surface area contributed by atoms with E-state index in [1.54, 1.807) is 12.3 Å². The zero-order valence-corrected chi connectivity index (χ0v) is 10.2. The van der Waals surface area contributed by atoms with Crippen molar-refractivity contribution in [3.05, 3.63) is 63.0 Å². The molecule has 0 radical (unpaired) electrons. The minimum absolute atomic E-state index is 0.0247. The first-order valence-corrected chi connectivity index (χ1v) is 5.68. The van der Waals surface area contributed by atoms with Gasteiger partial charge in [0.1, 0.15) is 0 Å². The Bertz CT molecular complexity index is 605. The van der Waals surface area contributed by atoms with Crippen LogP contribution < -0.4 is 11.2 Å². The molecular weight excluding hydrogens is 236 g/mol. The van der Waals surface area contributed by atoms with Gasteiger partial charge in [0.05, 0.1) is 0 Å². The SMILES string of the molecule is Cc1cc(=O)c(CN)cn1-c1cccc(Cl)c1. The lowest BCUT2D eigenvalue weighted by atomic mass is 10.2. The molecule has 0 spiro atoms. The van der Waals surface area contributed by atoms with Gasteiger partial charge < -0.3 is 10.3 Å².